The van der Waals surface area contributed by atoms with Crippen LogP contribution in [0.25, 0.3) is 0 Å². The Bertz CT molecular complexity index is 841. The molecule has 2 heterocycles. The number of nitrogens with zero attached hydrogens (tertiary/aromatic N) is 3. The normalized spacial score (nSPS) is 17.9. The lowest BCUT2D eigenvalue weighted by atomic mass is 10.0. The van der Waals surface area contributed by atoms with Gasteiger partial charge >= 0.3 is 0 Å². The molecule has 2 aromatic rings. The summed E-state index contributed by atoms with van der Waals surface area (Å²) in [6, 6.07) is 6.33. The van der Waals surface area contributed by atoms with Crippen molar-refractivity contribution in [3.05, 3.63) is 27.7 Å². The third-order valence-corrected chi connectivity index (χ3v) is 5.79. The molecule has 148 valence electrons. The van der Waals surface area contributed by atoms with Crippen molar-refractivity contribution in [2.75, 3.05) is 26.1 Å². The van der Waals surface area contributed by atoms with Crippen molar-refractivity contribution >= 4 is 28.7 Å². The quantitative estimate of drug-likeness (QED) is 0.700. The van der Waals surface area contributed by atoms with Crippen LogP contribution in [-0.2, 0) is 6.67 Å². The highest BCUT2D eigenvalue weighted by molar-refractivity contribution is 7.73. The molecule has 8 heteroatoms. The predicted molar refractivity (Wildman–Crippen MR) is 113 cm³/mol. The van der Waals surface area contributed by atoms with E-state index in [1.165, 1.54) is 16.9 Å². The van der Waals surface area contributed by atoms with Gasteiger partial charge in [-0.05, 0) is 51.9 Å². The molecule has 0 radical (unpaired) electrons. The molecule has 1 aliphatic rings. The van der Waals surface area contributed by atoms with Gasteiger partial charge in [-0.3, -0.25) is 4.90 Å². The van der Waals surface area contributed by atoms with E-state index in [9.17, 15) is 0 Å². The van der Waals surface area contributed by atoms with E-state index >= 15 is 0 Å². The van der Waals surface area contributed by atoms with E-state index in [-0.39, 0.29) is 11.6 Å². The van der Waals surface area contributed by atoms with Crippen molar-refractivity contribution < 1.29 is 9.47 Å². The van der Waals surface area contributed by atoms with Crippen LogP contribution < -0.4 is 14.8 Å². The Kier molecular flexibility index (Phi) is 6.08. The predicted octanol–water partition coefficient (Wildman–Crippen LogP) is 4.70. The molecule has 1 N–H and O–H groups in total. The van der Waals surface area contributed by atoms with Gasteiger partial charge in [-0.15, -0.1) is 5.10 Å². The zero-order valence-electron chi connectivity index (χ0n) is 16.6. The number of benzene rings is 1. The third kappa shape index (κ3) is 4.80. The summed E-state index contributed by atoms with van der Waals surface area (Å²) in [5.74, 6) is 1.67. The molecule has 0 aliphatic carbocycles. The summed E-state index contributed by atoms with van der Waals surface area (Å²) < 4.78 is 13.7. The van der Waals surface area contributed by atoms with Gasteiger partial charge < -0.3 is 14.8 Å². The summed E-state index contributed by atoms with van der Waals surface area (Å²) in [5.41, 5.74) is 1.15. The zero-order chi connectivity index (χ0) is 19.6. The minimum atomic E-state index is -0.0376. The van der Waals surface area contributed by atoms with Crippen LogP contribution in [0.1, 0.15) is 45.2 Å². The maximum Gasteiger partial charge on any atom is 0.205 e. The number of rotatable bonds is 6. The molecule has 1 atom stereocenters. The van der Waals surface area contributed by atoms with Gasteiger partial charge in [-0.2, -0.15) is 0 Å². The second kappa shape index (κ2) is 8.16. The molecule has 1 aliphatic heterocycles. The largest absolute Gasteiger partial charge is 0.497 e. The van der Waals surface area contributed by atoms with E-state index in [2.05, 4.69) is 42.2 Å². The van der Waals surface area contributed by atoms with E-state index < -0.39 is 0 Å². The van der Waals surface area contributed by atoms with Crippen molar-refractivity contribution in [1.82, 2.24) is 14.7 Å². The second-order valence-electron chi connectivity index (χ2n) is 7.77. The van der Waals surface area contributed by atoms with Crippen LogP contribution in [-0.4, -0.2) is 41.0 Å². The monoisotopic (exact) mass is 408 g/mol. The van der Waals surface area contributed by atoms with Crippen LogP contribution in [0.4, 0.5) is 5.13 Å². The molecule has 1 aromatic heterocycles. The first-order chi connectivity index (χ1) is 12.8. The van der Waals surface area contributed by atoms with Crippen LogP contribution in [0.15, 0.2) is 18.2 Å². The van der Waals surface area contributed by atoms with E-state index in [0.717, 1.165) is 40.0 Å². The molecular formula is C19H28N4O2S2. The number of hydrogen-bond acceptors (Lipinski definition) is 7. The van der Waals surface area contributed by atoms with Crippen molar-refractivity contribution in [3.8, 4) is 11.5 Å². The number of aromatic nitrogens is 2. The molecule has 3 rings (SSSR count). The Morgan fingerprint density at radius 3 is 2.74 bits per heavy atom. The number of nitrogens with one attached hydrogen (secondary N) is 1. The fourth-order valence-corrected chi connectivity index (χ4v) is 4.58. The Hall–Kier alpha value is -1.64. The van der Waals surface area contributed by atoms with Gasteiger partial charge in [0.15, 0.2) is 3.95 Å². The highest BCUT2D eigenvalue weighted by Crippen LogP contribution is 2.39. The number of hydrogen-bond donors (Lipinski definition) is 1. The molecule has 27 heavy (non-hydrogen) atoms. The molecule has 0 unspecified atom stereocenters. The fraction of sp³-hybridized carbons (Fsp3) is 0.579. The van der Waals surface area contributed by atoms with Gasteiger partial charge in [0.05, 0.1) is 20.9 Å². The summed E-state index contributed by atoms with van der Waals surface area (Å²) in [7, 11) is 3.38. The SMILES string of the molecule is COc1ccc([C@@H]2CCCN2Cn2nc(NC(C)(C)C)sc2=S)c(OC)c1. The van der Waals surface area contributed by atoms with Gasteiger partial charge in [0.25, 0.3) is 0 Å². The smallest absolute Gasteiger partial charge is 0.205 e. The molecule has 0 amide bonds. The van der Waals surface area contributed by atoms with Gasteiger partial charge in [-0.1, -0.05) is 17.4 Å². The first kappa shape index (κ1) is 20.1. The lowest BCUT2D eigenvalue weighted by Crippen LogP contribution is -2.28. The van der Waals surface area contributed by atoms with Crippen LogP contribution >= 0.6 is 23.6 Å². The summed E-state index contributed by atoms with van der Waals surface area (Å²) >= 11 is 7.07. The Balaban J connectivity index is 1.81. The topological polar surface area (TPSA) is 51.5 Å². The standard InChI is InChI=1S/C19H28N4O2S2/c1-19(2,3)20-17-21-23(18(26)27-17)12-22-10-6-7-15(22)14-9-8-13(24-4)11-16(14)25-5/h8-9,11,15H,6-7,10,12H2,1-5H3,(H,20,21)/t15-/m0/s1. The van der Waals surface area contributed by atoms with Gasteiger partial charge in [0, 0.05) is 29.8 Å². The fourth-order valence-electron chi connectivity index (χ4n) is 3.38. The van der Waals surface area contributed by atoms with E-state index in [1.54, 1.807) is 14.2 Å². The first-order valence-electron chi connectivity index (χ1n) is 9.13. The molecular weight excluding hydrogens is 380 g/mol. The molecule has 1 fully saturated rings. The first-order valence-corrected chi connectivity index (χ1v) is 10.4. The Labute approximate surface area is 170 Å². The minimum absolute atomic E-state index is 0.0376. The molecule has 6 nitrogen and oxygen atoms in total. The van der Waals surface area contributed by atoms with Gasteiger partial charge in [-0.25, -0.2) is 4.68 Å². The van der Waals surface area contributed by atoms with E-state index in [4.69, 9.17) is 21.7 Å². The van der Waals surface area contributed by atoms with Crippen molar-refractivity contribution in [3.63, 3.8) is 0 Å². The molecule has 0 saturated carbocycles. The van der Waals surface area contributed by atoms with E-state index in [0.29, 0.717) is 6.67 Å². The van der Waals surface area contributed by atoms with Crippen molar-refractivity contribution in [2.45, 2.75) is 51.9 Å². The average molecular weight is 409 g/mol. The number of anilines is 1. The highest BCUT2D eigenvalue weighted by atomic mass is 32.1. The molecule has 0 spiro atoms. The minimum Gasteiger partial charge on any atom is -0.497 e. The van der Waals surface area contributed by atoms with Crippen LogP contribution in [0.2, 0.25) is 0 Å². The molecule has 1 saturated heterocycles. The maximum atomic E-state index is 5.62. The number of ether oxygens (including phenoxy) is 2. The Morgan fingerprint density at radius 1 is 1.30 bits per heavy atom. The van der Waals surface area contributed by atoms with Gasteiger partial charge in [0.1, 0.15) is 11.5 Å². The van der Waals surface area contributed by atoms with E-state index in [1.807, 2.05) is 16.8 Å². The number of likely N-dealkylation sites (tertiary alicyclic amines) is 1. The summed E-state index contributed by atoms with van der Waals surface area (Å²) in [6.07, 6.45) is 2.23. The lowest BCUT2D eigenvalue weighted by Gasteiger charge is -2.26. The van der Waals surface area contributed by atoms with Gasteiger partial charge in [0.2, 0.25) is 5.13 Å². The zero-order valence-corrected chi connectivity index (χ0v) is 18.2. The summed E-state index contributed by atoms with van der Waals surface area (Å²) in [6.45, 7) is 8.05. The van der Waals surface area contributed by atoms with Crippen LogP contribution in [0.5, 0.6) is 11.5 Å². The van der Waals surface area contributed by atoms with Crippen LogP contribution in [0, 0.1) is 3.95 Å². The highest BCUT2D eigenvalue weighted by Gasteiger charge is 2.29. The second-order valence-corrected chi connectivity index (χ2v) is 9.39. The number of methoxy groups -OCH3 is 2. The summed E-state index contributed by atoms with van der Waals surface area (Å²) in [4.78, 5) is 2.42. The average Bonchev–Trinajstić information content (AvgIpc) is 3.19. The molecule has 1 aromatic carbocycles. The third-order valence-electron chi connectivity index (χ3n) is 4.57. The maximum absolute atomic E-state index is 5.62. The van der Waals surface area contributed by atoms with Crippen LogP contribution in [0.3, 0.4) is 0 Å². The lowest BCUT2D eigenvalue weighted by molar-refractivity contribution is 0.188. The Morgan fingerprint density at radius 2 is 2.07 bits per heavy atom. The van der Waals surface area contributed by atoms with Crippen molar-refractivity contribution in [1.29, 1.82) is 0 Å². The molecule has 0 bridgehead atoms. The van der Waals surface area contributed by atoms with Crippen molar-refractivity contribution in [2.24, 2.45) is 0 Å². The summed E-state index contributed by atoms with van der Waals surface area (Å²) in [5, 5.41) is 8.96.